The molecule has 0 aliphatic carbocycles. The van der Waals surface area contributed by atoms with E-state index in [4.69, 9.17) is 29.0 Å². The van der Waals surface area contributed by atoms with Gasteiger partial charge in [-0.15, -0.1) is 22.1 Å². The van der Waals surface area contributed by atoms with Crippen LogP contribution in [0.2, 0.25) is 0 Å². The van der Waals surface area contributed by atoms with Crippen molar-refractivity contribution in [2.24, 2.45) is 0 Å². The fourth-order valence-electron chi connectivity index (χ4n) is 22.9. The van der Waals surface area contributed by atoms with Crippen LogP contribution in [-0.2, 0) is 82.5 Å². The predicted octanol–water partition coefficient (Wildman–Crippen LogP) is 24.4. The van der Waals surface area contributed by atoms with Gasteiger partial charge in [0.05, 0.1) is 89.0 Å². The largest absolute Gasteiger partial charge is 2.00 e. The minimum Gasteiger partial charge on any atom is -0.657 e. The normalized spacial score (nSPS) is 15.3. The number of fused-ring (bicyclic) bond motifs is 8. The molecule has 0 radical (unpaired) electrons. The number of hydrogen-bond acceptors (Lipinski definition) is 6. The van der Waals surface area contributed by atoms with E-state index in [9.17, 15) is 18.9 Å². The third-order valence-corrected chi connectivity index (χ3v) is 30.2. The second-order valence-electron chi connectivity index (χ2n) is 39.4. The van der Waals surface area contributed by atoms with Gasteiger partial charge in [0.1, 0.15) is 0 Å². The second kappa shape index (κ2) is 35.0. The first kappa shape index (κ1) is 97.2. The van der Waals surface area contributed by atoms with Gasteiger partial charge in [0.2, 0.25) is 22.8 Å². The molecular formula is C116H114N8O6P2Zn3+2. The van der Waals surface area contributed by atoms with Gasteiger partial charge in [0, 0.05) is 63.3 Å². The van der Waals surface area contributed by atoms with E-state index in [0.717, 1.165) is 145 Å². The summed E-state index contributed by atoms with van der Waals surface area (Å²) in [6.07, 6.45) is 17.8. The van der Waals surface area contributed by atoms with Gasteiger partial charge in [-0.2, -0.15) is 9.13 Å². The molecular weight excluding hydrogens is 1860 g/mol. The van der Waals surface area contributed by atoms with Gasteiger partial charge in [-0.25, -0.2) is 9.97 Å². The molecule has 21 rings (SSSR count). The van der Waals surface area contributed by atoms with Crippen molar-refractivity contribution in [1.82, 2.24) is 29.1 Å². The van der Waals surface area contributed by atoms with Crippen LogP contribution in [0.15, 0.2) is 206 Å². The van der Waals surface area contributed by atoms with Gasteiger partial charge in [-0.1, -0.05) is 171 Å². The Hall–Kier alpha value is -10.9. The Morgan fingerprint density at radius 2 is 0.607 bits per heavy atom. The van der Waals surface area contributed by atoms with Crippen molar-refractivity contribution >= 4 is 106 Å². The molecule has 2 N–H and O–H groups in total. The van der Waals surface area contributed by atoms with Gasteiger partial charge >= 0.3 is 40.6 Å². The maximum Gasteiger partial charge on any atom is 2.00 e. The van der Waals surface area contributed by atoms with E-state index < -0.39 is 32.3 Å². The zero-order valence-electron chi connectivity index (χ0n) is 81.4. The second-order valence-corrected chi connectivity index (χ2v) is 42.9. The van der Waals surface area contributed by atoms with Crippen LogP contribution in [0.3, 0.4) is 0 Å². The van der Waals surface area contributed by atoms with Crippen molar-refractivity contribution in [1.29, 1.82) is 0 Å². The molecule has 0 amide bonds. The molecule has 0 saturated heterocycles. The van der Waals surface area contributed by atoms with Gasteiger partial charge in [0.15, 0.2) is 0 Å². The van der Waals surface area contributed by atoms with Crippen LogP contribution < -0.4 is 31.3 Å². The molecule has 8 bridgehead atoms. The number of allylic oxidation sites excluding steroid dienone is 4. The molecule has 8 aliphatic rings. The van der Waals surface area contributed by atoms with E-state index in [1.165, 1.54) is 135 Å². The Labute approximate surface area is 831 Å². The minimum absolute atomic E-state index is 0. The molecule has 13 aromatic rings. The third kappa shape index (κ3) is 15.9. The Morgan fingerprint density at radius 3 is 0.933 bits per heavy atom. The van der Waals surface area contributed by atoms with Crippen LogP contribution in [-0.4, -0.2) is 60.7 Å². The zero-order chi connectivity index (χ0) is 92.5. The van der Waals surface area contributed by atoms with Crippen LogP contribution in [0, 0.1) is 125 Å². The number of aryl methyl sites for hydroxylation is 18. The first-order chi connectivity index (χ1) is 62.1. The van der Waals surface area contributed by atoms with Crippen molar-refractivity contribution in [3.05, 3.63) is 373 Å². The molecule has 5 aromatic heterocycles. The standard InChI is InChI=1S/C62H63N4O3P.C53H47N4O3P.CH4.3Zn/c1-34-28-37(4)53(38(5)29-34)57-47-22-20-45-56(43-16-18-44(19-17-43)70(67,68-60(10,11)12)69-61(13,14)15)46-21-23-48-58(54-39(6)30-35(2)31-40(54)7)50-25-27-52-59(55-41(8)32-36(3)33-42(55)9)51-26-24-49(57)65(51)62(63(45)47,64(46)48)66(50)52;1-28-22-31(4)47(32(5)23-28)51-41-16-14-39(54-41)50(37-10-12-38(13-11-37)61(58,59)60)40-15-17-42(55-40)52(48-33(6)24-29(2)25-34(48)7)44-19-21-46(57-44)53(45-20-18-43(51)56-45)49-35(8)26-30(3)27-36(49)9;;;;/h16-33H,1-15H3;10-27H,1-9H3,(H2,58,59,60);1H4;;;/q+2;-2;;;;+2. The molecule has 8 aliphatic heterocycles. The molecule has 19 heteroatoms. The molecule has 14 nitrogen and oxygen atoms in total. The summed E-state index contributed by atoms with van der Waals surface area (Å²) in [6.45, 7) is 51.0. The molecule has 8 aromatic carbocycles. The summed E-state index contributed by atoms with van der Waals surface area (Å²) in [5.41, 5.74) is 50.5. The molecule has 0 fully saturated rings. The van der Waals surface area contributed by atoms with Gasteiger partial charge in [-0.05, 0) is 373 Å². The minimum atomic E-state index is -4.47. The van der Waals surface area contributed by atoms with Gasteiger partial charge in [-0.3, -0.25) is 18.2 Å². The summed E-state index contributed by atoms with van der Waals surface area (Å²) in [5, 5.41) is 2.74. The summed E-state index contributed by atoms with van der Waals surface area (Å²) in [4.78, 5) is 41.9. The summed E-state index contributed by atoms with van der Waals surface area (Å²) in [5.74, 6) is -0.924. The molecule has 1 spiro atoms. The van der Waals surface area contributed by atoms with Crippen LogP contribution in [0.4, 0.5) is 0 Å². The number of aromatic nitrogens is 6. The molecule has 0 saturated carbocycles. The molecule has 668 valence electrons. The third-order valence-electron chi connectivity index (χ3n) is 26.7. The molecule has 13 heterocycles. The maximum absolute atomic E-state index is 14.9. The average Bonchev–Trinajstić information content (AvgIpc) is 1.47. The summed E-state index contributed by atoms with van der Waals surface area (Å²) >= 11 is 0. The Balaban J connectivity index is 0.000000192. The van der Waals surface area contributed by atoms with E-state index in [0.29, 0.717) is 16.5 Å². The Morgan fingerprint density at radius 1 is 0.326 bits per heavy atom. The SMILES string of the molecule is C.Cc1cc(C)c(-c2c3nc(c(-c4c(C)cc(C)cc4C)c4ccc([n-]4)c(-c4c(C)cc(C)cc4C)c4nc(c(-c5ccc(P(=O)(O)O)cc5)c5ccc2[n-]5)C=C4)C=C3)c(C)c1.Cc1cc(C)c(C2=C3C=CC4=[N+]3C35n6c2ccc6C(c2c(C)cc(C)cc2C)=C2C=CC(=[N+]23)C(c2c(C)cc(C)cc2C)=c2ccc(n25)=C4c2ccc(P(=O)(OC(C)(C)C)OC(C)(C)C)cc2)c(C)c1.[Zn+2].[Zn].[Zn]. The van der Waals surface area contributed by atoms with E-state index in [2.05, 4.69) is 301 Å². The fraction of sp³-hybridized carbons (Fsp3) is 0.241. The Kier molecular flexibility index (Phi) is 25.2. The fourth-order valence-corrected chi connectivity index (χ4v) is 25.6. The van der Waals surface area contributed by atoms with Crippen molar-refractivity contribution in [3.63, 3.8) is 0 Å². The van der Waals surface area contributed by atoms with Crippen molar-refractivity contribution in [2.75, 3.05) is 0 Å². The quantitative estimate of drug-likeness (QED) is 0.0684. The van der Waals surface area contributed by atoms with Crippen LogP contribution in [0.5, 0.6) is 0 Å². The van der Waals surface area contributed by atoms with E-state index >= 15 is 0 Å². The summed E-state index contributed by atoms with van der Waals surface area (Å²) in [6, 6.07) is 59.6. The molecule has 135 heavy (non-hydrogen) atoms. The van der Waals surface area contributed by atoms with Crippen molar-refractivity contribution < 1.29 is 95.5 Å². The van der Waals surface area contributed by atoms with Gasteiger partial charge < -0.3 is 19.8 Å². The van der Waals surface area contributed by atoms with Gasteiger partial charge in [0.25, 0.3) is 0 Å². The molecule has 1 atom stereocenters. The van der Waals surface area contributed by atoms with Crippen LogP contribution >= 0.6 is 15.2 Å². The Bertz CT molecular complexity index is 7860. The van der Waals surface area contributed by atoms with Crippen molar-refractivity contribution in [3.8, 4) is 44.5 Å². The van der Waals surface area contributed by atoms with Crippen LogP contribution in [0.1, 0.15) is 206 Å². The number of nitrogens with zero attached hydrogens (tertiary/aromatic N) is 8. The maximum atomic E-state index is 14.9. The van der Waals surface area contributed by atoms with Crippen LogP contribution in [0.25, 0.3) is 113 Å². The summed E-state index contributed by atoms with van der Waals surface area (Å²) in [7, 11) is -8.23. The average molecular weight is 1970 g/mol. The topological polar surface area (TPSA) is 163 Å². The first-order valence-corrected chi connectivity index (χ1v) is 48.5. The number of benzene rings is 8. The summed E-state index contributed by atoms with van der Waals surface area (Å²) < 4.78 is 50.6. The molecule has 1 unspecified atom stereocenters. The number of rotatable bonds is 12. The van der Waals surface area contributed by atoms with E-state index in [1.807, 2.05) is 78.0 Å². The first-order valence-electron chi connectivity index (χ1n) is 45.3. The van der Waals surface area contributed by atoms with Crippen molar-refractivity contribution in [2.45, 2.75) is 191 Å². The zero-order valence-corrected chi connectivity index (χ0v) is 92.1. The monoisotopic (exact) mass is 1970 g/mol. The smallest absolute Gasteiger partial charge is 0.657 e. The van der Waals surface area contributed by atoms with E-state index in [1.54, 1.807) is 12.1 Å². The van der Waals surface area contributed by atoms with E-state index in [-0.39, 0.29) is 71.2 Å². The number of hydrogen-bond donors (Lipinski definition) is 2. The predicted molar refractivity (Wildman–Crippen MR) is 544 cm³/mol.